The van der Waals surface area contributed by atoms with E-state index in [-0.39, 0.29) is 12.5 Å². The molecule has 78 valence electrons. The summed E-state index contributed by atoms with van der Waals surface area (Å²) >= 11 is 0. The topological polar surface area (TPSA) is 76.5 Å². The van der Waals surface area contributed by atoms with Crippen LogP contribution in [0.2, 0.25) is 0 Å². The van der Waals surface area contributed by atoms with Crippen LogP contribution in [-0.4, -0.2) is 11.1 Å². The predicted molar refractivity (Wildman–Crippen MR) is 51.9 cm³/mol. The molecule has 0 aliphatic carbocycles. The zero-order valence-corrected chi connectivity index (χ0v) is 8.19. The molecule has 1 atom stereocenters. The van der Waals surface area contributed by atoms with E-state index in [1.165, 1.54) is 0 Å². The van der Waals surface area contributed by atoms with Crippen LogP contribution in [0.1, 0.15) is 37.3 Å². The van der Waals surface area contributed by atoms with Gasteiger partial charge in [-0.15, -0.1) is 0 Å². The lowest BCUT2D eigenvalue weighted by Gasteiger charge is -2.05. The smallest absolute Gasteiger partial charge is 0.303 e. The number of hydrogen-bond acceptors (Lipinski definition) is 3. The number of carboxylic acids is 1. The van der Waals surface area contributed by atoms with E-state index >= 15 is 0 Å². The van der Waals surface area contributed by atoms with Crippen molar-refractivity contribution in [2.45, 2.75) is 32.2 Å². The summed E-state index contributed by atoms with van der Waals surface area (Å²) in [6.45, 7) is 1.99. The van der Waals surface area contributed by atoms with Crippen LogP contribution in [-0.2, 0) is 11.2 Å². The standard InChI is InChI=1S/C10H15NO3/c1-2-7-3-5-9(14-7)8(11)4-6-10(12)13/h3,5,8H,2,4,6,11H2,1H3,(H,12,13). The second-order valence-corrected chi connectivity index (χ2v) is 3.20. The summed E-state index contributed by atoms with van der Waals surface area (Å²) in [5, 5.41) is 8.47. The lowest BCUT2D eigenvalue weighted by Crippen LogP contribution is -2.11. The molecule has 0 bridgehead atoms. The fraction of sp³-hybridized carbons (Fsp3) is 0.500. The first-order chi connectivity index (χ1) is 6.63. The number of aryl methyl sites for hydroxylation is 1. The van der Waals surface area contributed by atoms with E-state index in [9.17, 15) is 4.79 Å². The highest BCUT2D eigenvalue weighted by molar-refractivity contribution is 5.66. The Morgan fingerprint density at radius 1 is 1.64 bits per heavy atom. The van der Waals surface area contributed by atoms with E-state index in [0.717, 1.165) is 12.2 Å². The van der Waals surface area contributed by atoms with Gasteiger partial charge < -0.3 is 15.3 Å². The number of hydrogen-bond donors (Lipinski definition) is 2. The monoisotopic (exact) mass is 197 g/mol. The Morgan fingerprint density at radius 3 is 2.86 bits per heavy atom. The Labute approximate surface area is 82.7 Å². The minimum Gasteiger partial charge on any atom is -0.481 e. The third kappa shape index (κ3) is 2.88. The minimum absolute atomic E-state index is 0.0727. The summed E-state index contributed by atoms with van der Waals surface area (Å²) in [7, 11) is 0. The molecule has 3 N–H and O–H groups in total. The van der Waals surface area contributed by atoms with E-state index in [2.05, 4.69) is 0 Å². The molecule has 0 fully saturated rings. The van der Waals surface area contributed by atoms with Gasteiger partial charge in [0.05, 0.1) is 6.04 Å². The van der Waals surface area contributed by atoms with Crippen LogP contribution in [0.4, 0.5) is 0 Å². The highest BCUT2D eigenvalue weighted by Gasteiger charge is 2.11. The van der Waals surface area contributed by atoms with Crippen molar-refractivity contribution in [1.82, 2.24) is 0 Å². The molecule has 0 spiro atoms. The Morgan fingerprint density at radius 2 is 2.36 bits per heavy atom. The SMILES string of the molecule is CCc1ccc(C(N)CCC(=O)O)o1. The van der Waals surface area contributed by atoms with Gasteiger partial charge in [-0.3, -0.25) is 4.79 Å². The minimum atomic E-state index is -0.831. The van der Waals surface area contributed by atoms with Gasteiger partial charge >= 0.3 is 5.97 Å². The third-order valence-electron chi connectivity index (χ3n) is 2.07. The quantitative estimate of drug-likeness (QED) is 0.753. The molecule has 0 amide bonds. The van der Waals surface area contributed by atoms with Crippen molar-refractivity contribution < 1.29 is 14.3 Å². The Kier molecular flexibility index (Phi) is 3.71. The van der Waals surface area contributed by atoms with Gasteiger partial charge in [0.1, 0.15) is 11.5 Å². The summed E-state index contributed by atoms with van der Waals surface area (Å²) in [5.74, 6) is 0.719. The predicted octanol–water partition coefficient (Wildman–Crippen LogP) is 1.71. The Balaban J connectivity index is 2.51. The van der Waals surface area contributed by atoms with Gasteiger partial charge in [0.25, 0.3) is 0 Å². The van der Waals surface area contributed by atoms with Crippen LogP contribution >= 0.6 is 0 Å². The molecule has 1 rings (SSSR count). The molecule has 4 heteroatoms. The maximum atomic E-state index is 10.3. The van der Waals surface area contributed by atoms with Gasteiger partial charge in [0.2, 0.25) is 0 Å². The van der Waals surface area contributed by atoms with Gasteiger partial charge in [0, 0.05) is 12.8 Å². The van der Waals surface area contributed by atoms with Crippen LogP contribution in [0.25, 0.3) is 0 Å². The van der Waals surface area contributed by atoms with Crippen molar-refractivity contribution in [3.8, 4) is 0 Å². The van der Waals surface area contributed by atoms with E-state index < -0.39 is 5.97 Å². The average molecular weight is 197 g/mol. The van der Waals surface area contributed by atoms with Gasteiger partial charge in [-0.25, -0.2) is 0 Å². The van der Waals surface area contributed by atoms with Crippen LogP contribution in [0.15, 0.2) is 16.5 Å². The van der Waals surface area contributed by atoms with Crippen LogP contribution in [0.5, 0.6) is 0 Å². The Bertz CT molecular complexity index is 306. The molecule has 0 saturated heterocycles. The largest absolute Gasteiger partial charge is 0.481 e. The van der Waals surface area contributed by atoms with Crippen LogP contribution in [0.3, 0.4) is 0 Å². The highest BCUT2D eigenvalue weighted by atomic mass is 16.4. The zero-order chi connectivity index (χ0) is 10.6. The lowest BCUT2D eigenvalue weighted by atomic mass is 10.1. The molecule has 0 saturated carbocycles. The third-order valence-corrected chi connectivity index (χ3v) is 2.07. The number of carboxylic acid groups (broad SMARTS) is 1. The summed E-state index contributed by atoms with van der Waals surface area (Å²) < 4.78 is 5.41. The summed E-state index contributed by atoms with van der Waals surface area (Å²) in [5.41, 5.74) is 5.75. The first-order valence-electron chi connectivity index (χ1n) is 4.69. The van der Waals surface area contributed by atoms with E-state index in [1.54, 1.807) is 0 Å². The maximum Gasteiger partial charge on any atom is 0.303 e. The fourth-order valence-electron chi connectivity index (χ4n) is 1.21. The van der Waals surface area contributed by atoms with Crippen molar-refractivity contribution in [1.29, 1.82) is 0 Å². The first kappa shape index (κ1) is 10.8. The fourth-order valence-corrected chi connectivity index (χ4v) is 1.21. The second-order valence-electron chi connectivity index (χ2n) is 3.20. The van der Waals surface area contributed by atoms with E-state index in [1.807, 2.05) is 19.1 Å². The molecule has 14 heavy (non-hydrogen) atoms. The molecular formula is C10H15NO3. The number of carbonyl (C=O) groups is 1. The molecule has 0 radical (unpaired) electrons. The maximum absolute atomic E-state index is 10.3. The van der Waals surface area contributed by atoms with Gasteiger partial charge in [-0.05, 0) is 18.6 Å². The molecule has 1 heterocycles. The molecule has 1 aromatic rings. The summed E-state index contributed by atoms with van der Waals surface area (Å²) in [6.07, 6.45) is 1.31. The van der Waals surface area contributed by atoms with Gasteiger partial charge in [-0.2, -0.15) is 0 Å². The number of furan rings is 1. The summed E-state index contributed by atoms with van der Waals surface area (Å²) in [4.78, 5) is 10.3. The van der Waals surface area contributed by atoms with Crippen molar-refractivity contribution >= 4 is 5.97 Å². The number of nitrogens with two attached hydrogens (primary N) is 1. The average Bonchev–Trinajstić information content (AvgIpc) is 2.62. The zero-order valence-electron chi connectivity index (χ0n) is 8.19. The van der Waals surface area contributed by atoms with Crippen molar-refractivity contribution in [2.24, 2.45) is 5.73 Å². The second kappa shape index (κ2) is 4.81. The first-order valence-corrected chi connectivity index (χ1v) is 4.69. The summed E-state index contributed by atoms with van der Waals surface area (Å²) in [6, 6.07) is 3.37. The van der Waals surface area contributed by atoms with Crippen molar-refractivity contribution in [3.05, 3.63) is 23.7 Å². The molecule has 0 aromatic carbocycles. The Hall–Kier alpha value is -1.29. The van der Waals surface area contributed by atoms with Gasteiger partial charge in [-0.1, -0.05) is 6.92 Å². The molecule has 0 aliphatic rings. The van der Waals surface area contributed by atoms with Crippen molar-refractivity contribution in [2.75, 3.05) is 0 Å². The van der Waals surface area contributed by atoms with Crippen molar-refractivity contribution in [3.63, 3.8) is 0 Å². The number of aliphatic carboxylic acids is 1. The molecule has 0 aliphatic heterocycles. The highest BCUT2D eigenvalue weighted by Crippen LogP contribution is 2.18. The van der Waals surface area contributed by atoms with Crippen LogP contribution in [0, 0.1) is 0 Å². The van der Waals surface area contributed by atoms with Crippen LogP contribution < -0.4 is 5.73 Å². The molecule has 4 nitrogen and oxygen atoms in total. The van der Waals surface area contributed by atoms with Gasteiger partial charge in [0.15, 0.2) is 0 Å². The molecule has 1 aromatic heterocycles. The van der Waals surface area contributed by atoms with E-state index in [0.29, 0.717) is 12.2 Å². The molecular weight excluding hydrogens is 182 g/mol. The van der Waals surface area contributed by atoms with E-state index in [4.69, 9.17) is 15.3 Å². The molecule has 1 unspecified atom stereocenters. The normalized spacial score (nSPS) is 12.7. The lowest BCUT2D eigenvalue weighted by molar-refractivity contribution is -0.137. The number of rotatable bonds is 5.